The van der Waals surface area contributed by atoms with Crippen molar-refractivity contribution in [1.29, 1.82) is 0 Å². The zero-order valence-electron chi connectivity index (χ0n) is 10.3. The van der Waals surface area contributed by atoms with Gasteiger partial charge in [-0.15, -0.1) is 12.3 Å². The molecule has 2 fully saturated rings. The summed E-state index contributed by atoms with van der Waals surface area (Å²) in [7, 11) is 0. The summed E-state index contributed by atoms with van der Waals surface area (Å²) < 4.78 is 0. The van der Waals surface area contributed by atoms with Gasteiger partial charge in [0.2, 0.25) is 0 Å². The van der Waals surface area contributed by atoms with Gasteiger partial charge in [0.1, 0.15) is 0 Å². The second-order valence-corrected chi connectivity index (χ2v) is 5.37. The van der Waals surface area contributed by atoms with Crippen LogP contribution in [0.4, 0.5) is 0 Å². The van der Waals surface area contributed by atoms with E-state index in [-0.39, 0.29) is 0 Å². The van der Waals surface area contributed by atoms with E-state index in [1.807, 2.05) is 0 Å². The van der Waals surface area contributed by atoms with Crippen LogP contribution >= 0.6 is 0 Å². The maximum atomic E-state index is 10.8. The van der Waals surface area contributed by atoms with Crippen molar-refractivity contribution in [1.82, 2.24) is 4.90 Å². The summed E-state index contributed by atoms with van der Waals surface area (Å²) in [6.07, 6.45) is 12.2. The number of piperidine rings is 1. The van der Waals surface area contributed by atoms with Crippen LogP contribution in [0.3, 0.4) is 0 Å². The van der Waals surface area contributed by atoms with Crippen molar-refractivity contribution in [3.8, 4) is 12.3 Å². The quantitative estimate of drug-likeness (QED) is 0.586. The third kappa shape index (κ3) is 3.01. The van der Waals surface area contributed by atoms with Crippen molar-refractivity contribution in [2.75, 3.05) is 6.54 Å². The fraction of sp³-hybridized carbons (Fsp3) is 0.786. The van der Waals surface area contributed by atoms with Gasteiger partial charge in [0, 0.05) is 24.9 Å². The molecule has 94 valence electrons. The summed E-state index contributed by atoms with van der Waals surface area (Å²) in [6, 6.07) is 1.24. The number of carboxylic acids is 1. The van der Waals surface area contributed by atoms with Crippen LogP contribution in [0.15, 0.2) is 0 Å². The average Bonchev–Trinajstić information content (AvgIpc) is 2.51. The Morgan fingerprint density at radius 3 is 2.53 bits per heavy atom. The van der Waals surface area contributed by atoms with Crippen LogP contribution in [0, 0.1) is 18.3 Å². The lowest BCUT2D eigenvalue weighted by Crippen LogP contribution is -2.43. The van der Waals surface area contributed by atoms with Crippen LogP contribution < -0.4 is 0 Å². The van der Waals surface area contributed by atoms with Gasteiger partial charge in [0.15, 0.2) is 0 Å². The smallest absolute Gasteiger partial charge is 0.303 e. The Morgan fingerprint density at radius 2 is 2.00 bits per heavy atom. The molecule has 0 spiro atoms. The third-order valence-electron chi connectivity index (χ3n) is 4.18. The molecular formula is C14H21NO2. The van der Waals surface area contributed by atoms with Gasteiger partial charge in [-0.25, -0.2) is 0 Å². The van der Waals surface area contributed by atoms with Gasteiger partial charge in [-0.1, -0.05) is 0 Å². The van der Waals surface area contributed by atoms with Crippen molar-refractivity contribution in [2.45, 2.75) is 57.0 Å². The number of hydrogen-bond donors (Lipinski definition) is 1. The number of hydrogen-bond acceptors (Lipinski definition) is 2. The van der Waals surface area contributed by atoms with Crippen molar-refractivity contribution in [3.05, 3.63) is 0 Å². The van der Waals surface area contributed by atoms with E-state index in [0.29, 0.717) is 24.4 Å². The fourth-order valence-electron chi connectivity index (χ4n) is 3.53. The van der Waals surface area contributed by atoms with Crippen molar-refractivity contribution >= 4 is 5.97 Å². The van der Waals surface area contributed by atoms with E-state index in [0.717, 1.165) is 32.2 Å². The van der Waals surface area contributed by atoms with Crippen LogP contribution in [0.25, 0.3) is 0 Å². The molecule has 2 atom stereocenters. The highest BCUT2D eigenvalue weighted by atomic mass is 16.4. The molecular weight excluding hydrogens is 214 g/mol. The molecule has 17 heavy (non-hydrogen) atoms. The van der Waals surface area contributed by atoms with Gasteiger partial charge >= 0.3 is 5.97 Å². The monoisotopic (exact) mass is 235 g/mol. The van der Waals surface area contributed by atoms with Gasteiger partial charge in [0.05, 0.1) is 0 Å². The Morgan fingerprint density at radius 1 is 1.35 bits per heavy atom. The van der Waals surface area contributed by atoms with Crippen LogP contribution in [0.5, 0.6) is 0 Å². The number of fused-ring (bicyclic) bond motifs is 2. The highest BCUT2D eigenvalue weighted by Crippen LogP contribution is 2.39. The zero-order valence-corrected chi connectivity index (χ0v) is 10.3. The SMILES string of the molecule is C#CCCCN1C2CCC1CC(CC(=O)O)C2. The summed E-state index contributed by atoms with van der Waals surface area (Å²) in [5.41, 5.74) is 0. The fourth-order valence-corrected chi connectivity index (χ4v) is 3.53. The third-order valence-corrected chi connectivity index (χ3v) is 4.18. The number of carbonyl (C=O) groups is 1. The van der Waals surface area contributed by atoms with Crippen LogP contribution in [0.1, 0.15) is 44.9 Å². The number of rotatable bonds is 5. The highest BCUT2D eigenvalue weighted by molar-refractivity contribution is 5.67. The number of nitrogens with zero attached hydrogens (tertiary/aromatic N) is 1. The molecule has 2 rings (SSSR count). The van der Waals surface area contributed by atoms with E-state index < -0.39 is 5.97 Å². The maximum absolute atomic E-state index is 10.8. The molecule has 0 aromatic rings. The first-order chi connectivity index (χ1) is 8.20. The predicted molar refractivity (Wildman–Crippen MR) is 66.6 cm³/mol. The molecule has 2 bridgehead atoms. The van der Waals surface area contributed by atoms with Crippen molar-refractivity contribution in [3.63, 3.8) is 0 Å². The molecule has 1 N–H and O–H groups in total. The molecule has 3 nitrogen and oxygen atoms in total. The lowest BCUT2D eigenvalue weighted by Gasteiger charge is -2.38. The van der Waals surface area contributed by atoms with E-state index in [1.54, 1.807) is 0 Å². The Labute approximate surface area is 103 Å². The molecule has 0 aromatic carbocycles. The highest BCUT2D eigenvalue weighted by Gasteiger charge is 2.40. The van der Waals surface area contributed by atoms with Gasteiger partial charge < -0.3 is 5.11 Å². The molecule has 2 heterocycles. The first-order valence-electron chi connectivity index (χ1n) is 6.61. The van der Waals surface area contributed by atoms with Crippen LogP contribution in [-0.4, -0.2) is 34.6 Å². The second-order valence-electron chi connectivity index (χ2n) is 5.37. The Bertz CT molecular complexity index is 307. The zero-order chi connectivity index (χ0) is 12.3. The van der Waals surface area contributed by atoms with E-state index in [1.165, 1.54) is 12.8 Å². The van der Waals surface area contributed by atoms with Crippen molar-refractivity contribution < 1.29 is 9.90 Å². The maximum Gasteiger partial charge on any atom is 0.303 e. The van der Waals surface area contributed by atoms with E-state index in [9.17, 15) is 4.79 Å². The molecule has 2 saturated heterocycles. The topological polar surface area (TPSA) is 40.5 Å². The Balaban J connectivity index is 1.85. The number of terminal acetylenes is 1. The molecule has 2 aliphatic heterocycles. The van der Waals surface area contributed by atoms with E-state index in [2.05, 4.69) is 10.8 Å². The molecule has 2 aliphatic rings. The number of unbranched alkanes of at least 4 members (excludes halogenated alkanes) is 1. The predicted octanol–water partition coefficient (Wildman–Crippen LogP) is 2.12. The Hall–Kier alpha value is -1.01. The lowest BCUT2D eigenvalue weighted by atomic mass is 9.88. The molecule has 0 aromatic heterocycles. The summed E-state index contributed by atoms with van der Waals surface area (Å²) in [5, 5.41) is 8.86. The van der Waals surface area contributed by atoms with Crippen molar-refractivity contribution in [2.24, 2.45) is 5.92 Å². The van der Waals surface area contributed by atoms with Crippen LogP contribution in [0.2, 0.25) is 0 Å². The summed E-state index contributed by atoms with van der Waals surface area (Å²) in [6.45, 7) is 1.10. The first-order valence-corrected chi connectivity index (χ1v) is 6.61. The largest absolute Gasteiger partial charge is 0.481 e. The van der Waals surface area contributed by atoms with Gasteiger partial charge in [0.25, 0.3) is 0 Å². The van der Waals surface area contributed by atoms with Crippen LogP contribution in [-0.2, 0) is 4.79 Å². The second kappa shape index (κ2) is 5.55. The molecule has 0 saturated carbocycles. The van der Waals surface area contributed by atoms with E-state index >= 15 is 0 Å². The summed E-state index contributed by atoms with van der Waals surface area (Å²) >= 11 is 0. The average molecular weight is 235 g/mol. The summed E-state index contributed by atoms with van der Waals surface area (Å²) in [5.74, 6) is 2.44. The normalized spacial score (nSPS) is 32.3. The molecule has 3 heteroatoms. The summed E-state index contributed by atoms with van der Waals surface area (Å²) in [4.78, 5) is 13.3. The van der Waals surface area contributed by atoms with Gasteiger partial charge in [-0.3, -0.25) is 9.69 Å². The minimum Gasteiger partial charge on any atom is -0.481 e. The molecule has 2 unspecified atom stereocenters. The lowest BCUT2D eigenvalue weighted by molar-refractivity contribution is -0.138. The van der Waals surface area contributed by atoms with Gasteiger partial charge in [-0.05, 0) is 44.6 Å². The number of carboxylic acid groups (broad SMARTS) is 1. The molecule has 0 aliphatic carbocycles. The standard InChI is InChI=1S/C14H21NO2/c1-2-3-4-7-15-12-5-6-13(15)9-11(8-12)10-14(16)17/h1,11-13H,3-10H2,(H,16,17). The number of aliphatic carboxylic acids is 1. The molecule has 0 radical (unpaired) electrons. The molecule has 0 amide bonds. The minimum absolute atomic E-state index is 0.352. The van der Waals surface area contributed by atoms with E-state index in [4.69, 9.17) is 11.5 Å². The van der Waals surface area contributed by atoms with Gasteiger partial charge in [-0.2, -0.15) is 0 Å². The Kier molecular flexibility index (Phi) is 4.06. The first kappa shape index (κ1) is 12.4. The minimum atomic E-state index is -0.643.